The molecule has 1 saturated heterocycles. The molecular weight excluding hydrogens is 412 g/mol. The van der Waals surface area contributed by atoms with Gasteiger partial charge in [0.2, 0.25) is 10.0 Å². The number of urea groups is 1. The average molecular weight is 434 g/mol. The van der Waals surface area contributed by atoms with Crippen LogP contribution in [0.1, 0.15) is 12.7 Å². The second-order valence-corrected chi connectivity index (χ2v) is 8.97. The Balaban J connectivity index is 1.38. The van der Waals surface area contributed by atoms with Crippen LogP contribution in [0, 0.1) is 0 Å². The monoisotopic (exact) mass is 434 g/mol. The number of rotatable bonds is 4. The van der Waals surface area contributed by atoms with Crippen LogP contribution in [-0.2, 0) is 21.4 Å². The topological polar surface area (TPSA) is 121 Å². The summed E-state index contributed by atoms with van der Waals surface area (Å²) in [4.78, 5) is 25.7. The molecule has 160 valence electrons. The molecule has 2 aromatic rings. The molecule has 1 atom stereocenters. The van der Waals surface area contributed by atoms with Crippen LogP contribution in [0.4, 0.5) is 10.5 Å². The summed E-state index contributed by atoms with van der Waals surface area (Å²) in [6, 6.07) is 7.63. The van der Waals surface area contributed by atoms with E-state index in [0.717, 1.165) is 0 Å². The number of amides is 3. The highest BCUT2D eigenvalue weighted by Crippen LogP contribution is 2.32. The molecule has 1 unspecified atom stereocenters. The van der Waals surface area contributed by atoms with Gasteiger partial charge in [0.15, 0.2) is 6.10 Å². The molecule has 3 heterocycles. The second kappa shape index (κ2) is 8.00. The highest BCUT2D eigenvalue weighted by atomic mass is 32.2. The third-order valence-electron chi connectivity index (χ3n) is 5.04. The van der Waals surface area contributed by atoms with E-state index >= 15 is 0 Å². The van der Waals surface area contributed by atoms with Crippen molar-refractivity contribution in [1.82, 2.24) is 14.5 Å². The number of benzene rings is 1. The zero-order chi connectivity index (χ0) is 21.3. The van der Waals surface area contributed by atoms with Crippen LogP contribution in [-0.4, -0.2) is 61.8 Å². The van der Waals surface area contributed by atoms with Crippen molar-refractivity contribution in [2.75, 3.05) is 31.5 Å². The maximum absolute atomic E-state index is 13.0. The van der Waals surface area contributed by atoms with E-state index in [0.29, 0.717) is 17.2 Å². The predicted octanol–water partition coefficient (Wildman–Crippen LogP) is 1.22. The summed E-state index contributed by atoms with van der Waals surface area (Å²) < 4.78 is 38.0. The van der Waals surface area contributed by atoms with Crippen molar-refractivity contribution in [2.45, 2.75) is 24.5 Å². The molecule has 0 saturated carbocycles. The van der Waals surface area contributed by atoms with Gasteiger partial charge >= 0.3 is 6.03 Å². The SMILES string of the molecule is CC1Oc2ccc(S(=O)(=O)N3CCN(C(=O)NCc4ccco4)CC3)cc2NC1=O. The number of fused-ring (bicyclic) bond motifs is 1. The second-order valence-electron chi connectivity index (χ2n) is 7.04. The molecule has 4 rings (SSSR count). The summed E-state index contributed by atoms with van der Waals surface area (Å²) in [5.74, 6) is 0.743. The fourth-order valence-electron chi connectivity index (χ4n) is 3.32. The third kappa shape index (κ3) is 3.98. The van der Waals surface area contributed by atoms with Crippen LogP contribution in [0.3, 0.4) is 0 Å². The molecule has 2 N–H and O–H groups in total. The van der Waals surface area contributed by atoms with Gasteiger partial charge in [0.1, 0.15) is 11.5 Å². The molecule has 11 heteroatoms. The number of carbonyl (C=O) groups is 2. The number of carbonyl (C=O) groups excluding carboxylic acids is 2. The van der Waals surface area contributed by atoms with E-state index in [-0.39, 0.29) is 49.6 Å². The Morgan fingerprint density at radius 2 is 2.00 bits per heavy atom. The number of hydrogen-bond donors (Lipinski definition) is 2. The summed E-state index contributed by atoms with van der Waals surface area (Å²) in [5.41, 5.74) is 0.329. The molecule has 1 fully saturated rings. The van der Waals surface area contributed by atoms with E-state index in [9.17, 15) is 18.0 Å². The third-order valence-corrected chi connectivity index (χ3v) is 6.93. The largest absolute Gasteiger partial charge is 0.479 e. The molecule has 1 aromatic heterocycles. The zero-order valence-electron chi connectivity index (χ0n) is 16.3. The molecule has 1 aromatic carbocycles. The Kier molecular flexibility index (Phi) is 5.39. The quantitative estimate of drug-likeness (QED) is 0.746. The van der Waals surface area contributed by atoms with Gasteiger partial charge in [-0.15, -0.1) is 0 Å². The van der Waals surface area contributed by atoms with Crippen molar-refractivity contribution >= 4 is 27.6 Å². The lowest BCUT2D eigenvalue weighted by molar-refractivity contribution is -0.122. The molecule has 0 aliphatic carbocycles. The van der Waals surface area contributed by atoms with E-state index < -0.39 is 16.1 Å². The number of nitrogens with zero attached hydrogens (tertiary/aromatic N) is 2. The van der Waals surface area contributed by atoms with Gasteiger partial charge in [0.05, 0.1) is 23.4 Å². The van der Waals surface area contributed by atoms with E-state index in [1.807, 2.05) is 0 Å². The number of anilines is 1. The molecule has 30 heavy (non-hydrogen) atoms. The lowest BCUT2D eigenvalue weighted by Gasteiger charge is -2.34. The van der Waals surface area contributed by atoms with Gasteiger partial charge in [0.25, 0.3) is 5.91 Å². The summed E-state index contributed by atoms with van der Waals surface area (Å²) in [6.45, 7) is 2.77. The molecular formula is C19H22N4O6S. The Labute approximate surface area is 173 Å². The summed E-state index contributed by atoms with van der Waals surface area (Å²) in [7, 11) is -3.77. The maximum Gasteiger partial charge on any atom is 0.317 e. The predicted molar refractivity (Wildman–Crippen MR) is 106 cm³/mol. The van der Waals surface area contributed by atoms with E-state index in [4.69, 9.17) is 9.15 Å². The standard InChI is InChI=1S/C19H22N4O6S/c1-13-18(24)21-16-11-15(4-5-17(16)29-13)30(26,27)23-8-6-22(7-9-23)19(25)20-12-14-3-2-10-28-14/h2-5,10-11,13H,6-9,12H2,1H3,(H,20,25)(H,21,24). The number of ether oxygens (including phenoxy) is 1. The van der Waals surface area contributed by atoms with Gasteiger partial charge in [0, 0.05) is 26.2 Å². The Hall–Kier alpha value is -3.05. The number of nitrogens with one attached hydrogen (secondary N) is 2. The number of sulfonamides is 1. The Bertz CT molecular complexity index is 1040. The van der Waals surface area contributed by atoms with Crippen LogP contribution in [0.5, 0.6) is 5.75 Å². The number of hydrogen-bond acceptors (Lipinski definition) is 6. The van der Waals surface area contributed by atoms with Crippen molar-refractivity contribution in [3.05, 3.63) is 42.4 Å². The Morgan fingerprint density at radius 1 is 1.23 bits per heavy atom. The summed E-state index contributed by atoms with van der Waals surface area (Å²) >= 11 is 0. The van der Waals surface area contributed by atoms with Crippen molar-refractivity contribution in [1.29, 1.82) is 0 Å². The van der Waals surface area contributed by atoms with Gasteiger partial charge in [-0.3, -0.25) is 4.79 Å². The average Bonchev–Trinajstić information content (AvgIpc) is 3.26. The van der Waals surface area contributed by atoms with Crippen molar-refractivity contribution in [2.24, 2.45) is 0 Å². The van der Waals surface area contributed by atoms with Crippen LogP contribution in [0.25, 0.3) is 0 Å². The molecule has 2 aliphatic rings. The van der Waals surface area contributed by atoms with Gasteiger partial charge < -0.3 is 24.7 Å². The molecule has 10 nitrogen and oxygen atoms in total. The fourth-order valence-corrected chi connectivity index (χ4v) is 4.77. The van der Waals surface area contributed by atoms with E-state index in [1.165, 1.54) is 28.8 Å². The van der Waals surface area contributed by atoms with Crippen molar-refractivity contribution < 1.29 is 27.2 Å². The van der Waals surface area contributed by atoms with E-state index in [1.54, 1.807) is 24.0 Å². The minimum atomic E-state index is -3.77. The van der Waals surface area contributed by atoms with Gasteiger partial charge in [-0.25, -0.2) is 13.2 Å². The summed E-state index contributed by atoms with van der Waals surface area (Å²) in [5, 5.41) is 5.41. The van der Waals surface area contributed by atoms with Crippen LogP contribution in [0.2, 0.25) is 0 Å². The Morgan fingerprint density at radius 3 is 2.70 bits per heavy atom. The number of piperazine rings is 1. The lowest BCUT2D eigenvalue weighted by atomic mass is 10.2. The first kappa shape index (κ1) is 20.2. The summed E-state index contributed by atoms with van der Waals surface area (Å²) in [6.07, 6.45) is 0.899. The van der Waals surface area contributed by atoms with Crippen LogP contribution >= 0.6 is 0 Å². The number of furan rings is 1. The van der Waals surface area contributed by atoms with Gasteiger partial charge in [-0.05, 0) is 37.3 Å². The highest BCUT2D eigenvalue weighted by molar-refractivity contribution is 7.89. The first-order valence-corrected chi connectivity index (χ1v) is 11.0. The van der Waals surface area contributed by atoms with E-state index in [2.05, 4.69) is 10.6 Å². The first-order valence-electron chi connectivity index (χ1n) is 9.51. The van der Waals surface area contributed by atoms with Crippen molar-refractivity contribution in [3.8, 4) is 5.75 Å². The highest BCUT2D eigenvalue weighted by Gasteiger charge is 2.32. The minimum absolute atomic E-state index is 0.0652. The molecule has 0 bridgehead atoms. The smallest absolute Gasteiger partial charge is 0.317 e. The molecule has 2 aliphatic heterocycles. The fraction of sp³-hybridized carbons (Fsp3) is 0.368. The first-order chi connectivity index (χ1) is 14.3. The molecule has 3 amide bonds. The van der Waals surface area contributed by atoms with Gasteiger partial charge in [-0.1, -0.05) is 0 Å². The minimum Gasteiger partial charge on any atom is -0.479 e. The normalized spacial score (nSPS) is 19.6. The maximum atomic E-state index is 13.0. The van der Waals surface area contributed by atoms with Crippen molar-refractivity contribution in [3.63, 3.8) is 0 Å². The molecule has 0 radical (unpaired) electrons. The van der Waals surface area contributed by atoms with Crippen LogP contribution in [0.15, 0.2) is 45.9 Å². The van der Waals surface area contributed by atoms with Crippen LogP contribution < -0.4 is 15.4 Å². The zero-order valence-corrected chi connectivity index (χ0v) is 17.1. The lowest BCUT2D eigenvalue weighted by Crippen LogP contribution is -2.52. The van der Waals surface area contributed by atoms with Gasteiger partial charge in [-0.2, -0.15) is 4.31 Å². The molecule has 0 spiro atoms.